The molecule has 2 aromatic rings. The molecule has 0 radical (unpaired) electrons. The quantitative estimate of drug-likeness (QED) is 0.298. The highest BCUT2D eigenvalue weighted by Gasteiger charge is 2.25. The van der Waals surface area contributed by atoms with Crippen molar-refractivity contribution in [2.45, 2.75) is 70.4 Å². The summed E-state index contributed by atoms with van der Waals surface area (Å²) in [6.07, 6.45) is 4.39. The zero-order valence-corrected chi connectivity index (χ0v) is 20.7. The molecule has 1 aliphatic carbocycles. The van der Waals surface area contributed by atoms with Crippen molar-refractivity contribution in [3.8, 4) is 5.69 Å². The van der Waals surface area contributed by atoms with Gasteiger partial charge in [-0.2, -0.15) is 9.78 Å². The Hall–Kier alpha value is -2.24. The molecule has 2 unspecified atom stereocenters. The first-order valence-corrected chi connectivity index (χ1v) is 12.7. The van der Waals surface area contributed by atoms with Gasteiger partial charge in [0.2, 0.25) is 0 Å². The number of aromatic nitrogens is 3. The van der Waals surface area contributed by atoms with Gasteiger partial charge in [-0.15, -0.1) is 0 Å². The molecule has 1 aromatic heterocycles. The monoisotopic (exact) mass is 507 g/mol. The van der Waals surface area contributed by atoms with E-state index >= 15 is 0 Å². The Morgan fingerprint density at radius 1 is 1.26 bits per heavy atom. The van der Waals surface area contributed by atoms with E-state index in [0.717, 1.165) is 51.6 Å². The van der Waals surface area contributed by atoms with E-state index < -0.39 is 23.9 Å². The summed E-state index contributed by atoms with van der Waals surface area (Å²) in [5.74, 6) is -0.0692. The first-order valence-electron chi connectivity index (χ1n) is 12.3. The standard InChI is InChI=1S/C24H34ClN5O5/c1-15-28-30(24(34)29(15)13-18(31)14-35-19-11-26-12-19)17-8-9-21(25)20(10-17)23(33)27-22(32)16-6-4-2-3-5-7-16/h8-10,16,18-19,22,26,31-32H,2-7,11-14H2,1H3,(H,27,33). The molecule has 1 amide bonds. The maximum Gasteiger partial charge on any atom is 0.350 e. The highest BCUT2D eigenvalue weighted by atomic mass is 35.5. The van der Waals surface area contributed by atoms with E-state index in [-0.39, 0.29) is 35.8 Å². The summed E-state index contributed by atoms with van der Waals surface area (Å²) in [4.78, 5) is 26.0. The Kier molecular flexibility index (Phi) is 8.61. The molecule has 0 spiro atoms. The number of benzene rings is 1. The number of nitrogens with zero attached hydrogens (tertiary/aromatic N) is 3. The third kappa shape index (κ3) is 6.31. The molecule has 2 heterocycles. The number of hydrogen-bond acceptors (Lipinski definition) is 7. The van der Waals surface area contributed by atoms with Crippen molar-refractivity contribution < 1.29 is 19.7 Å². The van der Waals surface area contributed by atoms with Gasteiger partial charge in [0.1, 0.15) is 12.1 Å². The molecule has 4 rings (SSSR count). The Bertz CT molecular complexity index is 1070. The number of aliphatic hydroxyl groups is 2. The number of amides is 1. The van der Waals surface area contributed by atoms with Gasteiger partial charge in [-0.05, 0) is 38.0 Å². The molecule has 2 fully saturated rings. The van der Waals surface area contributed by atoms with E-state index in [1.807, 2.05) is 0 Å². The average molecular weight is 508 g/mol. The third-order valence-corrected chi connectivity index (χ3v) is 7.10. The number of rotatable bonds is 9. The number of aryl methyl sites for hydroxylation is 1. The second-order valence-corrected chi connectivity index (χ2v) is 9.86. The van der Waals surface area contributed by atoms with Crippen LogP contribution < -0.4 is 16.3 Å². The Morgan fingerprint density at radius 2 is 1.97 bits per heavy atom. The van der Waals surface area contributed by atoms with Gasteiger partial charge in [0.25, 0.3) is 5.91 Å². The summed E-state index contributed by atoms with van der Waals surface area (Å²) < 4.78 is 8.13. The summed E-state index contributed by atoms with van der Waals surface area (Å²) in [6, 6.07) is 4.61. The molecule has 35 heavy (non-hydrogen) atoms. The average Bonchev–Trinajstić information content (AvgIpc) is 2.99. The smallest absolute Gasteiger partial charge is 0.350 e. The van der Waals surface area contributed by atoms with Crippen LogP contribution in [0.25, 0.3) is 5.69 Å². The van der Waals surface area contributed by atoms with Crippen molar-refractivity contribution in [2.24, 2.45) is 5.92 Å². The lowest BCUT2D eigenvalue weighted by molar-refractivity contribution is -0.0347. The number of carbonyl (C=O) groups excluding carboxylic acids is 1. The molecule has 2 atom stereocenters. The maximum absolute atomic E-state index is 13.0. The minimum absolute atomic E-state index is 0.0142. The normalized spacial score (nSPS) is 19.1. The predicted molar refractivity (Wildman–Crippen MR) is 131 cm³/mol. The molecule has 1 aliphatic heterocycles. The van der Waals surface area contributed by atoms with Crippen molar-refractivity contribution in [2.75, 3.05) is 19.7 Å². The van der Waals surface area contributed by atoms with Gasteiger partial charge in [-0.3, -0.25) is 9.36 Å². The molecule has 1 aromatic carbocycles. The van der Waals surface area contributed by atoms with Gasteiger partial charge in [0.05, 0.1) is 41.6 Å². The zero-order chi connectivity index (χ0) is 24.9. The van der Waals surface area contributed by atoms with Gasteiger partial charge in [-0.25, -0.2) is 4.79 Å². The van der Waals surface area contributed by atoms with Crippen LogP contribution in [-0.2, 0) is 11.3 Å². The van der Waals surface area contributed by atoms with E-state index in [2.05, 4.69) is 15.7 Å². The number of hydrogen-bond donors (Lipinski definition) is 4. The molecule has 4 N–H and O–H groups in total. The molecular formula is C24H34ClN5O5. The SMILES string of the molecule is Cc1nn(-c2ccc(Cl)c(C(=O)NC(O)C3CCCCCC3)c2)c(=O)n1CC(O)COC1CNC1. The molecule has 1 saturated carbocycles. The largest absolute Gasteiger partial charge is 0.389 e. The fourth-order valence-electron chi connectivity index (χ4n) is 4.54. The Balaban J connectivity index is 1.47. The van der Waals surface area contributed by atoms with Crippen molar-refractivity contribution in [3.05, 3.63) is 45.1 Å². The number of halogens is 1. The fraction of sp³-hybridized carbons (Fsp3) is 0.625. The number of carbonyl (C=O) groups is 1. The summed E-state index contributed by atoms with van der Waals surface area (Å²) >= 11 is 6.29. The highest BCUT2D eigenvalue weighted by Crippen LogP contribution is 2.25. The van der Waals surface area contributed by atoms with Crippen molar-refractivity contribution in [1.82, 2.24) is 25.0 Å². The van der Waals surface area contributed by atoms with Crippen LogP contribution in [-0.4, -0.2) is 68.6 Å². The van der Waals surface area contributed by atoms with Crippen LogP contribution >= 0.6 is 11.6 Å². The second kappa shape index (κ2) is 11.7. The van der Waals surface area contributed by atoms with Crippen molar-refractivity contribution in [1.29, 1.82) is 0 Å². The lowest BCUT2D eigenvalue weighted by Crippen LogP contribution is -2.49. The van der Waals surface area contributed by atoms with Crippen LogP contribution in [0.4, 0.5) is 0 Å². The molecule has 10 nitrogen and oxygen atoms in total. The molecular weight excluding hydrogens is 474 g/mol. The summed E-state index contributed by atoms with van der Waals surface area (Å²) in [7, 11) is 0. The lowest BCUT2D eigenvalue weighted by atomic mass is 9.98. The van der Waals surface area contributed by atoms with Gasteiger partial charge in [-0.1, -0.05) is 37.3 Å². The van der Waals surface area contributed by atoms with Crippen LogP contribution in [0.15, 0.2) is 23.0 Å². The molecule has 192 valence electrons. The minimum Gasteiger partial charge on any atom is -0.389 e. The second-order valence-electron chi connectivity index (χ2n) is 9.45. The van der Waals surface area contributed by atoms with E-state index in [4.69, 9.17) is 16.3 Å². The highest BCUT2D eigenvalue weighted by molar-refractivity contribution is 6.33. The van der Waals surface area contributed by atoms with Crippen LogP contribution in [0, 0.1) is 12.8 Å². The predicted octanol–water partition coefficient (Wildman–Crippen LogP) is 1.36. The lowest BCUT2D eigenvalue weighted by Gasteiger charge is -2.28. The summed E-state index contributed by atoms with van der Waals surface area (Å²) in [5, 5.41) is 31.2. The zero-order valence-electron chi connectivity index (χ0n) is 20.0. The molecule has 0 bridgehead atoms. The maximum atomic E-state index is 13.0. The Labute approximate surface area is 209 Å². The number of ether oxygens (including phenoxy) is 1. The Morgan fingerprint density at radius 3 is 2.63 bits per heavy atom. The van der Waals surface area contributed by atoms with Crippen LogP contribution in [0.2, 0.25) is 5.02 Å². The van der Waals surface area contributed by atoms with Crippen LogP contribution in [0.5, 0.6) is 0 Å². The van der Waals surface area contributed by atoms with E-state index in [0.29, 0.717) is 11.5 Å². The first-order chi connectivity index (χ1) is 16.8. The van der Waals surface area contributed by atoms with Gasteiger partial charge >= 0.3 is 5.69 Å². The van der Waals surface area contributed by atoms with Crippen molar-refractivity contribution in [3.63, 3.8) is 0 Å². The molecule has 1 saturated heterocycles. The minimum atomic E-state index is -0.955. The van der Waals surface area contributed by atoms with Gasteiger partial charge in [0.15, 0.2) is 0 Å². The topological polar surface area (TPSA) is 131 Å². The van der Waals surface area contributed by atoms with E-state index in [1.165, 1.54) is 21.4 Å². The van der Waals surface area contributed by atoms with Crippen LogP contribution in [0.3, 0.4) is 0 Å². The van der Waals surface area contributed by atoms with Gasteiger partial charge in [0, 0.05) is 19.0 Å². The summed E-state index contributed by atoms with van der Waals surface area (Å²) in [5.41, 5.74) is 0.0687. The third-order valence-electron chi connectivity index (χ3n) is 6.77. The van der Waals surface area contributed by atoms with Gasteiger partial charge < -0.3 is 25.6 Å². The fourth-order valence-corrected chi connectivity index (χ4v) is 4.74. The molecule has 11 heteroatoms. The number of aliphatic hydroxyl groups excluding tert-OH is 2. The van der Waals surface area contributed by atoms with Crippen LogP contribution in [0.1, 0.15) is 54.7 Å². The number of nitrogens with one attached hydrogen (secondary N) is 2. The summed E-state index contributed by atoms with van der Waals surface area (Å²) in [6.45, 7) is 3.35. The van der Waals surface area contributed by atoms with E-state index in [9.17, 15) is 19.8 Å². The van der Waals surface area contributed by atoms with Crippen molar-refractivity contribution >= 4 is 17.5 Å². The molecule has 2 aliphatic rings. The first kappa shape index (κ1) is 25.8. The van der Waals surface area contributed by atoms with E-state index in [1.54, 1.807) is 13.0 Å².